The summed E-state index contributed by atoms with van der Waals surface area (Å²) in [4.78, 5) is 40.1. The molecule has 1 fully saturated rings. The van der Waals surface area contributed by atoms with E-state index in [0.717, 1.165) is 0 Å². The van der Waals surface area contributed by atoms with Crippen LogP contribution in [0.5, 0.6) is 0 Å². The molecule has 2 rings (SSSR count). The fourth-order valence-corrected chi connectivity index (χ4v) is 4.47. The van der Waals surface area contributed by atoms with Crippen LogP contribution < -0.4 is 0 Å². The highest BCUT2D eigenvalue weighted by atomic mass is 16.3. The second-order valence-corrected chi connectivity index (χ2v) is 8.36. The van der Waals surface area contributed by atoms with E-state index in [2.05, 4.69) is 19.7 Å². The Morgan fingerprint density at radius 1 is 1.15 bits per heavy atom. The molecule has 0 aromatic heterocycles. The molecule has 26 heavy (non-hydrogen) atoms. The van der Waals surface area contributed by atoms with Crippen LogP contribution in [0.2, 0.25) is 0 Å². The number of rotatable bonds is 6. The summed E-state index contributed by atoms with van der Waals surface area (Å²) in [5.74, 6) is -2.19. The highest BCUT2D eigenvalue weighted by molar-refractivity contribution is 6.33. The van der Waals surface area contributed by atoms with E-state index in [9.17, 15) is 19.5 Å². The number of fused-ring (bicyclic) bond motifs is 2. The van der Waals surface area contributed by atoms with Crippen molar-refractivity contribution in [3.63, 3.8) is 0 Å². The predicted octanol–water partition coefficient (Wildman–Crippen LogP) is 4.43. The molecule has 1 N–H and O–H groups in total. The Kier molecular flexibility index (Phi) is 5.02. The SMILES string of the molecule is C=C(C)CC1=C(O)[C@]2(CC(=C)C)CC(=C)C[C@](C(=O)C(C)C)(C1=O)C2=O. The largest absolute Gasteiger partial charge is 0.511 e. The summed E-state index contributed by atoms with van der Waals surface area (Å²) < 4.78 is 0. The molecule has 0 heterocycles. The molecule has 2 aliphatic rings. The fraction of sp³-hybridized carbons (Fsp3) is 0.500. The van der Waals surface area contributed by atoms with Crippen LogP contribution in [0.1, 0.15) is 53.4 Å². The second-order valence-electron chi connectivity index (χ2n) is 8.36. The predicted molar refractivity (Wildman–Crippen MR) is 102 cm³/mol. The molecule has 140 valence electrons. The van der Waals surface area contributed by atoms with E-state index in [0.29, 0.717) is 16.7 Å². The number of allylic oxidation sites excluding steroid dienone is 5. The van der Waals surface area contributed by atoms with Crippen LogP contribution in [0, 0.1) is 16.7 Å². The quantitative estimate of drug-likeness (QED) is 0.564. The molecule has 2 bridgehead atoms. The van der Waals surface area contributed by atoms with Gasteiger partial charge >= 0.3 is 0 Å². The van der Waals surface area contributed by atoms with Crippen molar-refractivity contribution in [1.29, 1.82) is 0 Å². The summed E-state index contributed by atoms with van der Waals surface area (Å²) >= 11 is 0. The van der Waals surface area contributed by atoms with Gasteiger partial charge < -0.3 is 5.11 Å². The summed E-state index contributed by atoms with van der Waals surface area (Å²) in [6.07, 6.45) is 0.587. The van der Waals surface area contributed by atoms with Crippen molar-refractivity contribution < 1.29 is 19.5 Å². The van der Waals surface area contributed by atoms with E-state index >= 15 is 0 Å². The zero-order chi connectivity index (χ0) is 20.0. The Morgan fingerprint density at radius 3 is 2.19 bits per heavy atom. The number of hydrogen-bond acceptors (Lipinski definition) is 4. The van der Waals surface area contributed by atoms with E-state index in [1.165, 1.54) is 0 Å². The minimum absolute atomic E-state index is 0.0204. The van der Waals surface area contributed by atoms with Gasteiger partial charge in [0.25, 0.3) is 0 Å². The van der Waals surface area contributed by atoms with Crippen molar-refractivity contribution in [2.75, 3.05) is 0 Å². The average molecular weight is 356 g/mol. The van der Waals surface area contributed by atoms with E-state index in [-0.39, 0.29) is 37.0 Å². The Labute approximate surface area is 155 Å². The summed E-state index contributed by atoms with van der Waals surface area (Å²) in [5, 5.41) is 11.0. The van der Waals surface area contributed by atoms with Crippen molar-refractivity contribution in [3.05, 3.63) is 47.8 Å². The third-order valence-corrected chi connectivity index (χ3v) is 5.32. The Balaban J connectivity index is 2.87. The molecule has 0 aliphatic heterocycles. The third-order valence-electron chi connectivity index (χ3n) is 5.32. The first-order valence-electron chi connectivity index (χ1n) is 8.92. The molecule has 0 spiro atoms. The van der Waals surface area contributed by atoms with Crippen LogP contribution >= 0.6 is 0 Å². The summed E-state index contributed by atoms with van der Waals surface area (Å²) in [6, 6.07) is 0. The molecule has 0 amide bonds. The minimum atomic E-state index is -1.78. The molecular weight excluding hydrogens is 328 g/mol. The summed E-state index contributed by atoms with van der Waals surface area (Å²) in [6.45, 7) is 18.6. The maximum absolute atomic E-state index is 13.6. The standard InChI is InChI=1S/C22H28O4/c1-12(2)8-16-18(24)21(9-13(3)4)10-15(7)11-22(19(16)25,20(21)26)17(23)14(5)6/h14,24H,1,3,7-11H2,2,4-6H3/t21-,22-/m0/s1. The number of carbonyl (C=O) groups is 3. The molecule has 4 nitrogen and oxygen atoms in total. The van der Waals surface area contributed by atoms with Crippen LogP contribution in [0.25, 0.3) is 0 Å². The monoisotopic (exact) mass is 356 g/mol. The lowest BCUT2D eigenvalue weighted by Crippen LogP contribution is -2.61. The van der Waals surface area contributed by atoms with Gasteiger partial charge in [-0.1, -0.05) is 43.7 Å². The first kappa shape index (κ1) is 20.1. The minimum Gasteiger partial charge on any atom is -0.511 e. The van der Waals surface area contributed by atoms with Gasteiger partial charge in [-0.3, -0.25) is 14.4 Å². The lowest BCUT2D eigenvalue weighted by atomic mass is 9.49. The zero-order valence-electron chi connectivity index (χ0n) is 16.2. The van der Waals surface area contributed by atoms with Gasteiger partial charge in [0.1, 0.15) is 5.76 Å². The highest BCUT2D eigenvalue weighted by Crippen LogP contribution is 2.58. The number of hydrogen-bond donors (Lipinski definition) is 1. The van der Waals surface area contributed by atoms with Gasteiger partial charge in [0, 0.05) is 11.5 Å². The van der Waals surface area contributed by atoms with Crippen LogP contribution in [0.3, 0.4) is 0 Å². The number of carbonyl (C=O) groups excluding carboxylic acids is 3. The number of aliphatic hydroxyl groups is 1. The molecule has 2 aliphatic carbocycles. The van der Waals surface area contributed by atoms with E-state index in [1.807, 2.05) is 0 Å². The van der Waals surface area contributed by atoms with Gasteiger partial charge in [0.05, 0.1) is 5.41 Å². The first-order valence-corrected chi connectivity index (χ1v) is 8.92. The average Bonchev–Trinajstić information content (AvgIpc) is 2.51. The summed E-state index contributed by atoms with van der Waals surface area (Å²) in [7, 11) is 0. The number of Topliss-reactive ketones (excluding diaryl/α,β-unsaturated/α-hetero) is 3. The van der Waals surface area contributed by atoms with Crippen LogP contribution in [-0.2, 0) is 14.4 Å². The molecule has 0 saturated heterocycles. The Bertz CT molecular complexity index is 776. The van der Waals surface area contributed by atoms with Crippen molar-refractivity contribution in [2.45, 2.75) is 53.4 Å². The topological polar surface area (TPSA) is 71.4 Å². The smallest absolute Gasteiger partial charge is 0.183 e. The van der Waals surface area contributed by atoms with Crippen LogP contribution in [0.4, 0.5) is 0 Å². The molecule has 2 atom stereocenters. The van der Waals surface area contributed by atoms with Crippen molar-refractivity contribution >= 4 is 17.3 Å². The van der Waals surface area contributed by atoms with E-state index in [1.54, 1.807) is 27.7 Å². The second kappa shape index (κ2) is 6.49. The van der Waals surface area contributed by atoms with E-state index in [4.69, 9.17) is 0 Å². The normalized spacial score (nSPS) is 28.6. The van der Waals surface area contributed by atoms with Crippen LogP contribution in [-0.4, -0.2) is 22.5 Å². The molecule has 1 saturated carbocycles. The highest BCUT2D eigenvalue weighted by Gasteiger charge is 2.67. The molecular formula is C22H28O4. The number of aliphatic hydroxyl groups excluding tert-OH is 1. The molecule has 0 unspecified atom stereocenters. The van der Waals surface area contributed by atoms with Gasteiger partial charge in [-0.15, -0.1) is 6.58 Å². The van der Waals surface area contributed by atoms with E-state index < -0.39 is 34.1 Å². The van der Waals surface area contributed by atoms with Gasteiger partial charge in [0.15, 0.2) is 22.8 Å². The Hall–Kier alpha value is -2.23. The molecule has 4 heteroatoms. The summed E-state index contributed by atoms with van der Waals surface area (Å²) in [5.41, 5.74) is -0.951. The molecule has 0 radical (unpaired) electrons. The van der Waals surface area contributed by atoms with Gasteiger partial charge in [0.2, 0.25) is 0 Å². The van der Waals surface area contributed by atoms with Crippen LogP contribution in [0.15, 0.2) is 47.8 Å². The Morgan fingerprint density at radius 2 is 1.73 bits per heavy atom. The molecule has 0 aromatic carbocycles. The van der Waals surface area contributed by atoms with Crippen molar-refractivity contribution in [3.8, 4) is 0 Å². The van der Waals surface area contributed by atoms with Crippen molar-refractivity contribution in [1.82, 2.24) is 0 Å². The van der Waals surface area contributed by atoms with Gasteiger partial charge in [-0.2, -0.15) is 0 Å². The first-order chi connectivity index (χ1) is 11.9. The fourth-order valence-electron chi connectivity index (χ4n) is 4.47. The zero-order valence-corrected chi connectivity index (χ0v) is 16.2. The lowest BCUT2D eigenvalue weighted by molar-refractivity contribution is -0.158. The van der Waals surface area contributed by atoms with Gasteiger partial charge in [-0.25, -0.2) is 0 Å². The molecule has 0 aromatic rings. The van der Waals surface area contributed by atoms with Crippen molar-refractivity contribution in [2.24, 2.45) is 16.7 Å². The maximum atomic E-state index is 13.6. The lowest BCUT2D eigenvalue weighted by Gasteiger charge is -2.50. The maximum Gasteiger partial charge on any atom is 0.183 e. The number of ketones is 3. The van der Waals surface area contributed by atoms with Gasteiger partial charge in [-0.05, 0) is 39.5 Å². The third kappa shape index (κ3) is 2.72.